The van der Waals surface area contributed by atoms with Gasteiger partial charge in [0.25, 0.3) is 0 Å². The van der Waals surface area contributed by atoms with E-state index in [2.05, 4.69) is 33.1 Å². The number of hydrogen-bond donors (Lipinski definition) is 0. The molecule has 2 aliphatic rings. The number of hydrogen-bond acceptors (Lipinski definition) is 2. The topological polar surface area (TPSA) is 29.5 Å². The first-order valence-electron chi connectivity index (χ1n) is 9.46. The van der Waals surface area contributed by atoms with E-state index >= 15 is 0 Å². The van der Waals surface area contributed by atoms with Crippen LogP contribution < -0.4 is 4.74 Å². The Labute approximate surface area is 157 Å². The lowest BCUT2D eigenvalue weighted by atomic mass is 9.79. The predicted molar refractivity (Wildman–Crippen MR) is 108 cm³/mol. The van der Waals surface area contributed by atoms with Crippen molar-refractivity contribution in [3.63, 3.8) is 0 Å². The van der Waals surface area contributed by atoms with Gasteiger partial charge in [-0.3, -0.25) is 4.79 Å². The summed E-state index contributed by atoms with van der Waals surface area (Å²) in [6.07, 6.45) is 6.58. The highest BCUT2D eigenvalue weighted by molar-refractivity contribution is 5.88. The molecule has 0 saturated carbocycles. The maximum atomic E-state index is 12.8. The highest BCUT2D eigenvalue weighted by Crippen LogP contribution is 2.41. The second kappa shape index (κ2) is 7.53. The maximum absolute atomic E-state index is 12.8. The van der Waals surface area contributed by atoms with Crippen LogP contribution in [0.25, 0.3) is 11.6 Å². The molecule has 1 fully saturated rings. The number of piperidine rings is 1. The van der Waals surface area contributed by atoms with Crippen molar-refractivity contribution in [1.82, 2.24) is 4.90 Å². The van der Waals surface area contributed by atoms with E-state index < -0.39 is 0 Å². The van der Waals surface area contributed by atoms with Crippen LogP contribution in [0.15, 0.2) is 30.4 Å². The summed E-state index contributed by atoms with van der Waals surface area (Å²) in [5.41, 5.74) is 7.92. The molecule has 0 bridgehead atoms. The molecule has 138 valence electrons. The summed E-state index contributed by atoms with van der Waals surface area (Å²) < 4.78 is 5.57. The molecule has 3 rings (SSSR count). The fourth-order valence-corrected chi connectivity index (χ4v) is 4.26. The molecule has 0 aromatic heterocycles. The van der Waals surface area contributed by atoms with Crippen LogP contribution in [0.1, 0.15) is 54.9 Å². The summed E-state index contributed by atoms with van der Waals surface area (Å²) in [6, 6.07) is 2.10. The minimum atomic E-state index is 0.228. The van der Waals surface area contributed by atoms with Crippen LogP contribution in [0.3, 0.4) is 0 Å². The van der Waals surface area contributed by atoms with E-state index in [1.807, 2.05) is 11.0 Å². The fourth-order valence-electron chi connectivity index (χ4n) is 4.26. The van der Waals surface area contributed by atoms with Crippen LogP contribution in [0.4, 0.5) is 0 Å². The number of benzene rings is 1. The van der Waals surface area contributed by atoms with E-state index in [9.17, 15) is 4.79 Å². The summed E-state index contributed by atoms with van der Waals surface area (Å²) in [5, 5.41) is 0. The van der Waals surface area contributed by atoms with Gasteiger partial charge in [-0.15, -0.1) is 0 Å². The molecule has 0 atom stereocenters. The molecular formula is C23H29NO2. The van der Waals surface area contributed by atoms with E-state index in [-0.39, 0.29) is 5.91 Å². The third-order valence-electron chi connectivity index (χ3n) is 5.83. The second-order valence-electron chi connectivity index (χ2n) is 7.35. The predicted octanol–water partition coefficient (Wildman–Crippen LogP) is 4.94. The van der Waals surface area contributed by atoms with Gasteiger partial charge in [-0.05, 0) is 84.6 Å². The highest BCUT2D eigenvalue weighted by atomic mass is 16.5. The maximum Gasteiger partial charge on any atom is 0.227 e. The van der Waals surface area contributed by atoms with Gasteiger partial charge in [-0.25, -0.2) is 0 Å². The monoisotopic (exact) mass is 351 g/mol. The van der Waals surface area contributed by atoms with Gasteiger partial charge in [0.15, 0.2) is 0 Å². The van der Waals surface area contributed by atoms with E-state index in [1.165, 1.54) is 12.0 Å². The Bertz CT molecular complexity index is 795. The SMILES string of the molecule is C=Cc1c(C)c(OC)cc2c1CC(=C)C(CC(=O)N1CCCCC1)=C2C. The Morgan fingerprint density at radius 1 is 1.27 bits per heavy atom. The first kappa shape index (κ1) is 18.5. The van der Waals surface area contributed by atoms with Gasteiger partial charge in [-0.1, -0.05) is 19.2 Å². The smallest absolute Gasteiger partial charge is 0.227 e. The van der Waals surface area contributed by atoms with Gasteiger partial charge < -0.3 is 9.64 Å². The Hall–Kier alpha value is -2.29. The number of ether oxygens (including phenoxy) is 1. The first-order chi connectivity index (χ1) is 12.5. The second-order valence-corrected chi connectivity index (χ2v) is 7.35. The zero-order valence-corrected chi connectivity index (χ0v) is 16.3. The summed E-state index contributed by atoms with van der Waals surface area (Å²) in [5.74, 6) is 1.10. The largest absolute Gasteiger partial charge is 0.496 e. The van der Waals surface area contributed by atoms with Gasteiger partial charge in [-0.2, -0.15) is 0 Å². The minimum absolute atomic E-state index is 0.228. The quantitative estimate of drug-likeness (QED) is 0.769. The Morgan fingerprint density at radius 3 is 2.58 bits per heavy atom. The molecule has 3 heteroatoms. The van der Waals surface area contributed by atoms with Crippen LogP contribution in [-0.2, 0) is 11.2 Å². The van der Waals surface area contributed by atoms with Crippen molar-refractivity contribution in [3.05, 3.63) is 52.6 Å². The summed E-state index contributed by atoms with van der Waals surface area (Å²) in [4.78, 5) is 14.8. The molecule has 1 saturated heterocycles. The van der Waals surface area contributed by atoms with E-state index in [0.29, 0.717) is 6.42 Å². The molecule has 0 N–H and O–H groups in total. The number of methoxy groups -OCH3 is 1. The zero-order chi connectivity index (χ0) is 18.8. The summed E-state index contributed by atoms with van der Waals surface area (Å²) in [6.45, 7) is 14.2. The lowest BCUT2D eigenvalue weighted by Gasteiger charge is -2.30. The molecule has 1 aromatic rings. The Morgan fingerprint density at radius 2 is 1.96 bits per heavy atom. The van der Waals surface area contributed by atoms with Crippen LogP contribution >= 0.6 is 0 Å². The van der Waals surface area contributed by atoms with Crippen LogP contribution in [0.5, 0.6) is 5.75 Å². The number of rotatable bonds is 4. The van der Waals surface area contributed by atoms with Crippen molar-refractivity contribution < 1.29 is 9.53 Å². The molecule has 26 heavy (non-hydrogen) atoms. The standard InChI is InChI=1S/C23H29NO2/c1-6-18-17(4)22(26-5)13-20-16(3)19(15(2)12-21(18)20)14-23(25)24-10-8-7-9-11-24/h6,13H,1-2,7-12,14H2,3-5H3. The first-order valence-corrected chi connectivity index (χ1v) is 9.46. The number of nitrogens with zero attached hydrogens (tertiary/aromatic N) is 1. The molecule has 3 nitrogen and oxygen atoms in total. The number of amides is 1. The van der Waals surface area contributed by atoms with Crippen molar-refractivity contribution >= 4 is 17.6 Å². The molecule has 0 unspecified atom stereocenters. The average molecular weight is 351 g/mol. The van der Waals surface area contributed by atoms with Crippen molar-refractivity contribution in [2.24, 2.45) is 0 Å². The Balaban J connectivity index is 2.00. The Kier molecular flexibility index (Phi) is 5.36. The molecule has 1 heterocycles. The third kappa shape index (κ3) is 3.23. The van der Waals surface area contributed by atoms with Gasteiger partial charge in [0.1, 0.15) is 5.75 Å². The van der Waals surface area contributed by atoms with Crippen molar-refractivity contribution in [2.75, 3.05) is 20.2 Å². The highest BCUT2D eigenvalue weighted by Gasteiger charge is 2.26. The zero-order valence-electron chi connectivity index (χ0n) is 16.3. The molecular weight excluding hydrogens is 322 g/mol. The lowest BCUT2D eigenvalue weighted by Crippen LogP contribution is -2.36. The summed E-state index contributed by atoms with van der Waals surface area (Å²) >= 11 is 0. The molecule has 1 aliphatic heterocycles. The van der Waals surface area contributed by atoms with Crippen LogP contribution in [0.2, 0.25) is 0 Å². The molecule has 1 aromatic carbocycles. The van der Waals surface area contributed by atoms with Gasteiger partial charge in [0.05, 0.1) is 13.5 Å². The van der Waals surface area contributed by atoms with Gasteiger partial charge in [0, 0.05) is 13.1 Å². The van der Waals surface area contributed by atoms with E-state index in [4.69, 9.17) is 4.74 Å². The van der Waals surface area contributed by atoms with E-state index in [1.54, 1.807) is 7.11 Å². The molecule has 1 amide bonds. The number of likely N-dealkylation sites (tertiary alicyclic amines) is 1. The van der Waals surface area contributed by atoms with Gasteiger partial charge in [0.2, 0.25) is 5.91 Å². The average Bonchev–Trinajstić information content (AvgIpc) is 2.65. The number of allylic oxidation sites excluding steroid dienone is 2. The number of carbonyl (C=O) groups excluding carboxylic acids is 1. The lowest BCUT2D eigenvalue weighted by molar-refractivity contribution is -0.131. The number of carbonyl (C=O) groups is 1. The van der Waals surface area contributed by atoms with Crippen molar-refractivity contribution in [3.8, 4) is 5.75 Å². The van der Waals surface area contributed by atoms with Crippen molar-refractivity contribution in [2.45, 2.75) is 46.0 Å². The molecule has 1 aliphatic carbocycles. The van der Waals surface area contributed by atoms with E-state index in [0.717, 1.165) is 71.5 Å². The minimum Gasteiger partial charge on any atom is -0.496 e. The van der Waals surface area contributed by atoms with Crippen molar-refractivity contribution in [1.29, 1.82) is 0 Å². The summed E-state index contributed by atoms with van der Waals surface area (Å²) in [7, 11) is 1.70. The van der Waals surface area contributed by atoms with Crippen LogP contribution in [0, 0.1) is 6.92 Å². The normalized spacial score (nSPS) is 17.2. The van der Waals surface area contributed by atoms with Gasteiger partial charge >= 0.3 is 0 Å². The third-order valence-corrected chi connectivity index (χ3v) is 5.83. The molecule has 0 radical (unpaired) electrons. The number of fused-ring (bicyclic) bond motifs is 1. The fraction of sp³-hybridized carbons (Fsp3) is 0.435. The molecule has 0 spiro atoms. The van der Waals surface area contributed by atoms with Crippen LogP contribution in [-0.4, -0.2) is 31.0 Å².